The molecular weight excluding hydrogens is 424 g/mol. The van der Waals surface area contributed by atoms with Crippen LogP contribution in [0.3, 0.4) is 0 Å². The number of nitrogens with two attached hydrogens (primary N) is 1. The molecule has 0 aliphatic heterocycles. The fraction of sp³-hybridized carbons (Fsp3) is 0.0667. The van der Waals surface area contributed by atoms with E-state index in [4.69, 9.17) is 15.5 Å². The van der Waals surface area contributed by atoms with Crippen molar-refractivity contribution in [2.24, 2.45) is 15.9 Å². The van der Waals surface area contributed by atoms with Crippen molar-refractivity contribution in [3.05, 3.63) is 73.8 Å². The van der Waals surface area contributed by atoms with Gasteiger partial charge in [0.25, 0.3) is 21.5 Å². The fourth-order valence-electron chi connectivity index (χ4n) is 1.80. The van der Waals surface area contributed by atoms with Gasteiger partial charge in [-0.15, -0.1) is 5.10 Å². The summed E-state index contributed by atoms with van der Waals surface area (Å²) in [7, 11) is -4.02. The lowest BCUT2D eigenvalue weighted by Gasteiger charge is -1.97. The van der Waals surface area contributed by atoms with Gasteiger partial charge in [0.05, 0.1) is 32.6 Å². The van der Waals surface area contributed by atoms with Gasteiger partial charge >= 0.3 is 0 Å². The highest BCUT2D eigenvalue weighted by Crippen LogP contribution is 2.23. The smallest absolute Gasteiger partial charge is 0.294 e. The lowest BCUT2D eigenvalue weighted by atomic mass is 10.2. The number of hydroxylamine groups is 1. The van der Waals surface area contributed by atoms with Gasteiger partial charge in [0.15, 0.2) is 0 Å². The second kappa shape index (κ2) is 10.6. The number of non-ortho nitro benzene ring substituents is 1. The third-order valence-electron chi connectivity index (χ3n) is 3.22. The molecule has 0 atom stereocenters. The van der Waals surface area contributed by atoms with E-state index in [0.29, 0.717) is 0 Å². The number of nitrogens with zero attached hydrogens (tertiary/aromatic N) is 4. The summed E-state index contributed by atoms with van der Waals surface area (Å²) >= 11 is 0. The van der Waals surface area contributed by atoms with Crippen LogP contribution < -0.4 is 11.2 Å². The number of nitrogens with one attached hydrogen (secondary N) is 1. The first-order valence-corrected chi connectivity index (χ1v) is 9.13. The topological polar surface area (TPSA) is 224 Å². The summed E-state index contributed by atoms with van der Waals surface area (Å²) in [5, 5.41) is 36.2. The third kappa shape index (κ3) is 7.58. The standard InChI is InChI=1S/C8H8N6O5.C7H8O3S/c9-8(12-15)11-10-4-5-1-2-6(13(16)17)3-7(5)14(18)19;1-6-2-4-7(5-3-6)11(8,9)10/h1-4,15H,(H3,9,11,12);2-5H,1H3,(H,8,9,10). The Hall–Kier alpha value is -3.95. The van der Waals surface area contributed by atoms with Crippen LogP contribution in [-0.2, 0) is 10.1 Å². The minimum atomic E-state index is -4.02. The van der Waals surface area contributed by atoms with Crippen LogP contribution >= 0.6 is 0 Å². The average molecular weight is 440 g/mol. The van der Waals surface area contributed by atoms with Crippen molar-refractivity contribution in [1.82, 2.24) is 5.48 Å². The van der Waals surface area contributed by atoms with E-state index in [1.165, 1.54) is 17.6 Å². The average Bonchev–Trinajstić information content (AvgIpc) is 2.67. The summed E-state index contributed by atoms with van der Waals surface area (Å²) in [6.07, 6.45) is 0.978. The molecule has 0 fully saturated rings. The molecule has 14 nitrogen and oxygen atoms in total. The van der Waals surface area contributed by atoms with Gasteiger partial charge in [0.1, 0.15) is 0 Å². The summed E-state index contributed by atoms with van der Waals surface area (Å²) in [5.74, 6) is -0.416. The number of guanidine groups is 1. The number of hydrogen-bond donors (Lipinski definition) is 4. The molecule has 0 saturated heterocycles. The molecule has 30 heavy (non-hydrogen) atoms. The molecule has 160 valence electrons. The normalized spacial score (nSPS) is 11.5. The minimum absolute atomic E-state index is 0.00471. The fourth-order valence-corrected chi connectivity index (χ4v) is 2.28. The van der Waals surface area contributed by atoms with E-state index < -0.39 is 37.3 Å². The number of hydrogen-bond acceptors (Lipinski definition) is 9. The second-order valence-corrected chi connectivity index (χ2v) is 6.81. The molecule has 15 heteroatoms. The van der Waals surface area contributed by atoms with Crippen LogP contribution in [0.4, 0.5) is 11.4 Å². The summed E-state index contributed by atoms with van der Waals surface area (Å²) in [6, 6.07) is 9.03. The molecule has 0 aliphatic rings. The van der Waals surface area contributed by atoms with Gasteiger partial charge in [0, 0.05) is 6.07 Å². The van der Waals surface area contributed by atoms with Crippen LogP contribution in [-0.4, -0.2) is 40.2 Å². The van der Waals surface area contributed by atoms with Gasteiger partial charge in [-0.05, 0) is 25.1 Å². The maximum absolute atomic E-state index is 10.8. The quantitative estimate of drug-likeness (QED) is 0.172. The zero-order valence-electron chi connectivity index (χ0n) is 15.2. The van der Waals surface area contributed by atoms with Crippen LogP contribution in [0, 0.1) is 27.2 Å². The highest BCUT2D eigenvalue weighted by Gasteiger charge is 2.18. The molecule has 0 heterocycles. The molecular formula is C15H16N6O8S. The molecule has 0 bridgehead atoms. The Kier molecular flexibility index (Phi) is 8.48. The summed E-state index contributed by atoms with van der Waals surface area (Å²) < 4.78 is 29.6. The molecule has 0 amide bonds. The first-order valence-electron chi connectivity index (χ1n) is 7.69. The molecule has 0 unspecified atom stereocenters. The van der Waals surface area contributed by atoms with Crippen LogP contribution in [0.5, 0.6) is 0 Å². The van der Waals surface area contributed by atoms with Gasteiger partial charge in [-0.3, -0.25) is 30.0 Å². The predicted molar refractivity (Wildman–Crippen MR) is 105 cm³/mol. The van der Waals surface area contributed by atoms with E-state index in [9.17, 15) is 28.6 Å². The number of benzene rings is 2. The molecule has 2 aromatic carbocycles. The first-order chi connectivity index (χ1) is 14.0. The van der Waals surface area contributed by atoms with Crippen LogP contribution in [0.15, 0.2) is 57.6 Å². The number of nitro benzene ring substituents is 2. The van der Waals surface area contributed by atoms with Gasteiger partial charge < -0.3 is 5.73 Å². The Morgan fingerprint density at radius 1 is 1.13 bits per heavy atom. The largest absolute Gasteiger partial charge is 0.367 e. The zero-order valence-corrected chi connectivity index (χ0v) is 16.1. The Bertz CT molecular complexity index is 1080. The number of rotatable bonds is 5. The summed E-state index contributed by atoms with van der Waals surface area (Å²) in [6.45, 7) is 1.84. The maximum atomic E-state index is 10.8. The van der Waals surface area contributed by atoms with Crippen LogP contribution in [0.25, 0.3) is 0 Å². The van der Waals surface area contributed by atoms with Crippen molar-refractivity contribution in [3.8, 4) is 0 Å². The number of aryl methyl sites for hydroxylation is 1. The summed E-state index contributed by atoms with van der Waals surface area (Å²) in [5.41, 5.74) is 6.61. The Morgan fingerprint density at radius 3 is 2.20 bits per heavy atom. The monoisotopic (exact) mass is 440 g/mol. The van der Waals surface area contributed by atoms with Crippen LogP contribution in [0.1, 0.15) is 11.1 Å². The van der Waals surface area contributed by atoms with Gasteiger partial charge in [-0.2, -0.15) is 13.5 Å². The minimum Gasteiger partial charge on any atom is -0.367 e. The lowest BCUT2D eigenvalue weighted by molar-refractivity contribution is -0.394. The summed E-state index contributed by atoms with van der Waals surface area (Å²) in [4.78, 5) is 19.7. The molecule has 0 spiro atoms. The van der Waals surface area contributed by atoms with Crippen molar-refractivity contribution < 1.29 is 28.0 Å². The van der Waals surface area contributed by atoms with Crippen molar-refractivity contribution in [1.29, 1.82) is 0 Å². The van der Waals surface area contributed by atoms with Gasteiger partial charge in [0.2, 0.25) is 5.96 Å². The molecule has 2 rings (SSSR count). The molecule has 5 N–H and O–H groups in total. The van der Waals surface area contributed by atoms with E-state index >= 15 is 0 Å². The Labute approximate surface area is 169 Å². The first kappa shape index (κ1) is 24.1. The van der Waals surface area contributed by atoms with Gasteiger partial charge in [-0.1, -0.05) is 17.7 Å². The lowest BCUT2D eigenvalue weighted by Crippen LogP contribution is -2.27. The predicted octanol–water partition coefficient (Wildman–Crippen LogP) is 1.37. The Balaban J connectivity index is 0.000000346. The van der Waals surface area contributed by atoms with Crippen LogP contribution in [0.2, 0.25) is 0 Å². The van der Waals surface area contributed by atoms with Gasteiger partial charge in [-0.25, -0.2) is 5.48 Å². The third-order valence-corrected chi connectivity index (χ3v) is 4.09. The number of nitro groups is 2. The molecule has 2 aromatic rings. The van der Waals surface area contributed by atoms with E-state index in [-0.39, 0.29) is 10.5 Å². The SMILES string of the molecule is Cc1ccc(S(=O)(=O)O)cc1.NC(=NN=Cc1ccc([N+](=O)[O-])cc1[N+](=O)[O-])NO. The second-order valence-electron chi connectivity index (χ2n) is 5.39. The van der Waals surface area contributed by atoms with E-state index in [1.54, 1.807) is 12.1 Å². The molecule has 0 aromatic heterocycles. The zero-order chi connectivity index (χ0) is 22.9. The molecule has 0 aliphatic carbocycles. The van der Waals surface area contributed by atoms with E-state index in [1.807, 2.05) is 6.92 Å². The highest BCUT2D eigenvalue weighted by atomic mass is 32.2. The van der Waals surface area contributed by atoms with E-state index in [2.05, 4.69) is 10.2 Å². The van der Waals surface area contributed by atoms with Crippen molar-refractivity contribution in [2.45, 2.75) is 11.8 Å². The van der Waals surface area contributed by atoms with Crippen molar-refractivity contribution in [3.63, 3.8) is 0 Å². The van der Waals surface area contributed by atoms with E-state index in [0.717, 1.165) is 30.0 Å². The Morgan fingerprint density at radius 2 is 1.73 bits per heavy atom. The maximum Gasteiger partial charge on any atom is 0.294 e. The highest BCUT2D eigenvalue weighted by molar-refractivity contribution is 7.85. The molecule has 0 radical (unpaired) electrons. The molecule has 0 saturated carbocycles. The van der Waals surface area contributed by atoms with Crippen molar-refractivity contribution in [2.75, 3.05) is 0 Å². The van der Waals surface area contributed by atoms with Crippen molar-refractivity contribution >= 4 is 33.7 Å².